The summed E-state index contributed by atoms with van der Waals surface area (Å²) in [7, 11) is 0. The number of hydrogen-bond donors (Lipinski definition) is 1. The Kier molecular flexibility index (Phi) is 4.35. The highest BCUT2D eigenvalue weighted by Crippen LogP contribution is 2.37. The standard InChI is InChI=1S/C16H9Cl2NO3S/c17-10-2-1-3-12(8-10)19-15(21)14(23-16(19)22)7-9-6-11(18)4-5-13(9)20/h1-8,20H/b14-7+. The Labute approximate surface area is 146 Å². The molecule has 0 aliphatic carbocycles. The van der Waals surface area contributed by atoms with Crippen LogP contribution < -0.4 is 4.90 Å². The second kappa shape index (κ2) is 6.28. The van der Waals surface area contributed by atoms with Crippen molar-refractivity contribution in [2.45, 2.75) is 0 Å². The zero-order chi connectivity index (χ0) is 16.6. The van der Waals surface area contributed by atoms with E-state index in [1.54, 1.807) is 18.2 Å². The molecule has 4 nitrogen and oxygen atoms in total. The average molecular weight is 366 g/mol. The van der Waals surface area contributed by atoms with Gasteiger partial charge in [0.25, 0.3) is 11.1 Å². The van der Waals surface area contributed by atoms with Crippen LogP contribution in [0.1, 0.15) is 5.56 Å². The fraction of sp³-hybridized carbons (Fsp3) is 0. The van der Waals surface area contributed by atoms with Crippen LogP contribution in [0.2, 0.25) is 10.0 Å². The lowest BCUT2D eigenvalue weighted by atomic mass is 10.2. The first kappa shape index (κ1) is 15.9. The third kappa shape index (κ3) is 3.22. The highest BCUT2D eigenvalue weighted by molar-refractivity contribution is 8.19. The summed E-state index contributed by atoms with van der Waals surface area (Å²) in [6.45, 7) is 0. The van der Waals surface area contributed by atoms with Crippen molar-refractivity contribution >= 4 is 57.9 Å². The van der Waals surface area contributed by atoms with Crippen LogP contribution in [0.25, 0.3) is 6.08 Å². The molecule has 0 unspecified atom stereocenters. The van der Waals surface area contributed by atoms with E-state index < -0.39 is 11.1 Å². The summed E-state index contributed by atoms with van der Waals surface area (Å²) >= 11 is 12.6. The number of aromatic hydroxyl groups is 1. The molecule has 116 valence electrons. The van der Waals surface area contributed by atoms with Gasteiger partial charge in [0.1, 0.15) is 5.75 Å². The first-order valence-electron chi connectivity index (χ1n) is 6.48. The number of phenols is 1. The van der Waals surface area contributed by atoms with Crippen LogP contribution in [0.4, 0.5) is 10.5 Å². The SMILES string of the molecule is O=C1S/C(=C/c2cc(Cl)ccc2O)C(=O)N1c1cccc(Cl)c1. The third-order valence-electron chi connectivity index (χ3n) is 3.14. The minimum absolute atomic E-state index is 0.0241. The summed E-state index contributed by atoms with van der Waals surface area (Å²) in [5.41, 5.74) is 0.771. The minimum Gasteiger partial charge on any atom is -0.507 e. The zero-order valence-corrected chi connectivity index (χ0v) is 13.8. The van der Waals surface area contributed by atoms with Gasteiger partial charge in [0.2, 0.25) is 0 Å². The number of rotatable bonds is 2. The summed E-state index contributed by atoms with van der Waals surface area (Å²) in [5.74, 6) is -0.495. The summed E-state index contributed by atoms with van der Waals surface area (Å²) in [4.78, 5) is 25.9. The second-order valence-electron chi connectivity index (χ2n) is 4.70. The molecule has 0 saturated carbocycles. The van der Waals surface area contributed by atoms with Crippen molar-refractivity contribution in [3.8, 4) is 5.75 Å². The second-order valence-corrected chi connectivity index (χ2v) is 6.57. The molecule has 2 amide bonds. The number of carbonyl (C=O) groups is 2. The fourth-order valence-electron chi connectivity index (χ4n) is 2.09. The fourth-order valence-corrected chi connectivity index (χ4v) is 3.29. The van der Waals surface area contributed by atoms with Gasteiger partial charge in [-0.05, 0) is 54.2 Å². The van der Waals surface area contributed by atoms with E-state index in [1.807, 2.05) is 0 Å². The van der Waals surface area contributed by atoms with Crippen LogP contribution in [0.15, 0.2) is 47.4 Å². The lowest BCUT2D eigenvalue weighted by Gasteiger charge is -2.12. The van der Waals surface area contributed by atoms with E-state index in [2.05, 4.69) is 0 Å². The molecule has 1 saturated heterocycles. The summed E-state index contributed by atoms with van der Waals surface area (Å²) in [5, 5.41) is 10.2. The van der Waals surface area contributed by atoms with E-state index >= 15 is 0 Å². The first-order chi connectivity index (χ1) is 11.0. The molecule has 1 fully saturated rings. The van der Waals surface area contributed by atoms with Gasteiger partial charge in [0.05, 0.1) is 10.6 Å². The summed E-state index contributed by atoms with van der Waals surface area (Å²) < 4.78 is 0. The molecule has 3 rings (SSSR count). The number of imide groups is 1. The Morgan fingerprint density at radius 2 is 1.78 bits per heavy atom. The number of phenolic OH excluding ortho intramolecular Hbond substituents is 1. The van der Waals surface area contributed by atoms with Gasteiger partial charge in [-0.1, -0.05) is 29.3 Å². The van der Waals surface area contributed by atoms with Gasteiger partial charge < -0.3 is 5.11 Å². The maximum Gasteiger partial charge on any atom is 0.298 e. The van der Waals surface area contributed by atoms with Crippen LogP contribution in [-0.4, -0.2) is 16.3 Å². The van der Waals surface area contributed by atoms with E-state index in [0.29, 0.717) is 21.3 Å². The molecular formula is C16H9Cl2NO3S. The summed E-state index contributed by atoms with van der Waals surface area (Å²) in [6.07, 6.45) is 1.44. The Hall–Kier alpha value is -1.95. The van der Waals surface area contributed by atoms with Crippen molar-refractivity contribution in [3.05, 3.63) is 63.0 Å². The molecule has 0 atom stereocenters. The van der Waals surface area contributed by atoms with Gasteiger partial charge in [-0.25, -0.2) is 4.90 Å². The number of amides is 2. The average Bonchev–Trinajstić information content (AvgIpc) is 2.77. The van der Waals surface area contributed by atoms with Crippen LogP contribution >= 0.6 is 35.0 Å². The molecule has 2 aromatic rings. The molecule has 7 heteroatoms. The molecule has 1 aliphatic heterocycles. The van der Waals surface area contributed by atoms with Crippen molar-refractivity contribution in [1.29, 1.82) is 0 Å². The number of halogens is 2. The molecular weight excluding hydrogens is 357 g/mol. The van der Waals surface area contributed by atoms with Gasteiger partial charge in [0, 0.05) is 15.6 Å². The van der Waals surface area contributed by atoms with Crippen molar-refractivity contribution in [2.24, 2.45) is 0 Å². The molecule has 1 heterocycles. The van der Waals surface area contributed by atoms with Gasteiger partial charge in [0.15, 0.2) is 0 Å². The third-order valence-corrected chi connectivity index (χ3v) is 4.48. The molecule has 0 radical (unpaired) electrons. The van der Waals surface area contributed by atoms with Gasteiger partial charge in [-0.3, -0.25) is 9.59 Å². The molecule has 0 bridgehead atoms. The quantitative estimate of drug-likeness (QED) is 0.765. The van der Waals surface area contributed by atoms with Gasteiger partial charge in [-0.2, -0.15) is 0 Å². The molecule has 1 aliphatic rings. The molecule has 2 aromatic carbocycles. The Balaban J connectivity index is 1.98. The van der Waals surface area contributed by atoms with Crippen molar-refractivity contribution < 1.29 is 14.7 Å². The highest BCUT2D eigenvalue weighted by atomic mass is 35.5. The first-order valence-corrected chi connectivity index (χ1v) is 8.05. The Morgan fingerprint density at radius 1 is 1.04 bits per heavy atom. The highest BCUT2D eigenvalue weighted by Gasteiger charge is 2.36. The van der Waals surface area contributed by atoms with E-state index in [9.17, 15) is 14.7 Å². The van der Waals surface area contributed by atoms with Crippen molar-refractivity contribution in [2.75, 3.05) is 4.90 Å². The van der Waals surface area contributed by atoms with Crippen LogP contribution in [0, 0.1) is 0 Å². The largest absolute Gasteiger partial charge is 0.507 e. The number of anilines is 1. The monoisotopic (exact) mass is 365 g/mol. The van der Waals surface area contributed by atoms with Crippen LogP contribution in [0.3, 0.4) is 0 Å². The van der Waals surface area contributed by atoms with Crippen LogP contribution in [-0.2, 0) is 4.79 Å². The lowest BCUT2D eigenvalue weighted by Crippen LogP contribution is -2.27. The van der Waals surface area contributed by atoms with E-state index in [-0.39, 0.29) is 10.7 Å². The normalized spacial score (nSPS) is 16.4. The number of thioether (sulfide) groups is 1. The Morgan fingerprint density at radius 3 is 2.52 bits per heavy atom. The zero-order valence-electron chi connectivity index (χ0n) is 11.5. The predicted molar refractivity (Wildman–Crippen MR) is 93.0 cm³/mol. The van der Waals surface area contributed by atoms with Gasteiger partial charge in [-0.15, -0.1) is 0 Å². The smallest absolute Gasteiger partial charge is 0.298 e. The Bertz CT molecular complexity index is 851. The summed E-state index contributed by atoms with van der Waals surface area (Å²) in [6, 6.07) is 11.0. The molecule has 1 N–H and O–H groups in total. The number of nitrogens with zero attached hydrogens (tertiary/aromatic N) is 1. The maximum absolute atomic E-state index is 12.5. The lowest BCUT2D eigenvalue weighted by molar-refractivity contribution is -0.113. The number of hydrogen-bond acceptors (Lipinski definition) is 4. The van der Waals surface area contributed by atoms with Crippen molar-refractivity contribution in [3.63, 3.8) is 0 Å². The predicted octanol–water partition coefficient (Wildman–Crippen LogP) is 4.94. The van der Waals surface area contributed by atoms with E-state index in [4.69, 9.17) is 23.2 Å². The number of carbonyl (C=O) groups excluding carboxylic acids is 2. The maximum atomic E-state index is 12.5. The topological polar surface area (TPSA) is 57.6 Å². The van der Waals surface area contributed by atoms with Crippen molar-refractivity contribution in [1.82, 2.24) is 0 Å². The number of benzene rings is 2. The van der Waals surface area contributed by atoms with E-state index in [0.717, 1.165) is 16.7 Å². The minimum atomic E-state index is -0.471. The molecule has 23 heavy (non-hydrogen) atoms. The van der Waals surface area contributed by atoms with Crippen LogP contribution in [0.5, 0.6) is 5.75 Å². The molecule has 0 spiro atoms. The molecule has 0 aromatic heterocycles. The van der Waals surface area contributed by atoms with E-state index in [1.165, 1.54) is 30.3 Å². The van der Waals surface area contributed by atoms with Gasteiger partial charge >= 0.3 is 0 Å².